The van der Waals surface area contributed by atoms with Gasteiger partial charge < -0.3 is 9.60 Å². The van der Waals surface area contributed by atoms with Crippen LogP contribution in [0.1, 0.15) is 0 Å². The molecule has 0 bridgehead atoms. The molecular formula is C2H8B2O2. The van der Waals surface area contributed by atoms with Gasteiger partial charge in [-0.25, -0.2) is 0 Å². The quantitative estimate of drug-likeness (QED) is 0.459. The zero-order valence-corrected chi connectivity index (χ0v) is 4.14. The third kappa shape index (κ3) is 4.05. The molecule has 1 N–H and O–H groups in total. The lowest BCUT2D eigenvalue weighted by Gasteiger charge is -1.93. The van der Waals surface area contributed by atoms with Crippen molar-refractivity contribution in [3.05, 3.63) is 0 Å². The Labute approximate surface area is 38.9 Å². The summed E-state index contributed by atoms with van der Waals surface area (Å²) in [6.07, 6.45) is 0. The Morgan fingerprint density at radius 2 is 2.33 bits per heavy atom. The molecular weight excluding hydrogens is 77.6 g/mol. The standard InChI is InChI=1S/C2H8B2O2/c1-3-6-4(2)5/h3,5H,1-2H3. The maximum absolute atomic E-state index is 8.33. The molecule has 34 valence electrons. The SMILES string of the molecule is CBOB(C)O. The highest BCUT2D eigenvalue weighted by atomic mass is 16.5. The van der Waals surface area contributed by atoms with E-state index in [-0.39, 0.29) is 0 Å². The van der Waals surface area contributed by atoms with Gasteiger partial charge in [0, 0.05) is 0 Å². The normalized spacial score (nSPS) is 7.83. The van der Waals surface area contributed by atoms with Gasteiger partial charge in [-0.2, -0.15) is 0 Å². The molecule has 0 aromatic heterocycles. The molecule has 4 heteroatoms. The van der Waals surface area contributed by atoms with Crippen molar-refractivity contribution in [1.29, 1.82) is 0 Å². The van der Waals surface area contributed by atoms with E-state index in [2.05, 4.69) is 4.57 Å². The second-order valence-electron chi connectivity index (χ2n) is 1.05. The van der Waals surface area contributed by atoms with Gasteiger partial charge >= 0.3 is 7.12 Å². The van der Waals surface area contributed by atoms with E-state index in [0.29, 0.717) is 7.48 Å². The van der Waals surface area contributed by atoms with Crippen LogP contribution in [0.2, 0.25) is 13.6 Å². The van der Waals surface area contributed by atoms with E-state index in [1.165, 1.54) is 0 Å². The van der Waals surface area contributed by atoms with Gasteiger partial charge in [-0.3, -0.25) is 0 Å². The number of rotatable bonds is 2. The Kier molecular flexibility index (Phi) is 3.27. The van der Waals surface area contributed by atoms with Crippen LogP contribution in [-0.4, -0.2) is 19.6 Å². The van der Waals surface area contributed by atoms with Crippen molar-refractivity contribution in [1.82, 2.24) is 0 Å². The predicted molar refractivity (Wildman–Crippen MR) is 27.9 cm³/mol. The number of hydrogen-bond acceptors (Lipinski definition) is 2. The molecule has 6 heavy (non-hydrogen) atoms. The molecule has 0 aliphatic carbocycles. The molecule has 0 saturated carbocycles. The summed E-state index contributed by atoms with van der Waals surface area (Å²) in [5.41, 5.74) is 0. The van der Waals surface area contributed by atoms with Gasteiger partial charge in [0.05, 0.1) is 0 Å². The average Bonchev–Trinajstić information content (AvgIpc) is 1.35. The Morgan fingerprint density at radius 1 is 1.83 bits per heavy atom. The molecule has 2 nitrogen and oxygen atoms in total. The maximum atomic E-state index is 8.33. The first kappa shape index (κ1) is 6.05. The van der Waals surface area contributed by atoms with Gasteiger partial charge in [0.1, 0.15) is 0 Å². The minimum absolute atomic E-state index is 0.581. The van der Waals surface area contributed by atoms with Gasteiger partial charge in [-0.15, -0.1) is 0 Å². The summed E-state index contributed by atoms with van der Waals surface area (Å²) in [6.45, 7) is 3.43. The molecule has 0 aromatic rings. The lowest BCUT2D eigenvalue weighted by atomic mass is 9.91. The van der Waals surface area contributed by atoms with Crippen LogP contribution >= 0.6 is 0 Å². The van der Waals surface area contributed by atoms with Crippen LogP contribution in [0.3, 0.4) is 0 Å². The first-order chi connectivity index (χ1) is 2.77. The molecule has 0 aromatic carbocycles. The lowest BCUT2D eigenvalue weighted by Crippen LogP contribution is -2.12. The largest absolute Gasteiger partial charge is 0.478 e. The molecule has 0 aliphatic heterocycles. The molecule has 0 radical (unpaired) electrons. The van der Waals surface area contributed by atoms with E-state index >= 15 is 0 Å². The third-order valence-electron chi connectivity index (χ3n) is 0.408. The van der Waals surface area contributed by atoms with Crippen LogP contribution in [-0.2, 0) is 4.57 Å². The van der Waals surface area contributed by atoms with E-state index < -0.39 is 7.12 Å². The monoisotopic (exact) mass is 86.1 g/mol. The topological polar surface area (TPSA) is 29.5 Å². The predicted octanol–water partition coefficient (Wildman–Crippen LogP) is -0.487. The van der Waals surface area contributed by atoms with Crippen molar-refractivity contribution < 1.29 is 9.60 Å². The minimum atomic E-state index is -0.602. The van der Waals surface area contributed by atoms with Crippen molar-refractivity contribution in [2.75, 3.05) is 0 Å². The number of hydrogen-bond donors (Lipinski definition) is 1. The van der Waals surface area contributed by atoms with Gasteiger partial charge in [0.2, 0.25) is 0 Å². The molecule has 0 aliphatic rings. The molecule has 0 rings (SSSR count). The summed E-state index contributed by atoms with van der Waals surface area (Å²) in [5.74, 6) is 0. The van der Waals surface area contributed by atoms with E-state index in [9.17, 15) is 0 Å². The first-order valence-electron chi connectivity index (χ1n) is 2.07. The highest BCUT2D eigenvalue weighted by Gasteiger charge is 1.97. The van der Waals surface area contributed by atoms with Gasteiger partial charge in [0.15, 0.2) is 0 Å². The van der Waals surface area contributed by atoms with Crippen LogP contribution in [0.4, 0.5) is 0 Å². The van der Waals surface area contributed by atoms with E-state index in [4.69, 9.17) is 5.02 Å². The smallest absolute Gasteiger partial charge is 0.435 e. The van der Waals surface area contributed by atoms with Gasteiger partial charge in [-0.05, 0) is 6.82 Å². The third-order valence-corrected chi connectivity index (χ3v) is 0.408. The molecule has 0 amide bonds. The van der Waals surface area contributed by atoms with E-state index in [1.807, 2.05) is 6.82 Å². The lowest BCUT2D eigenvalue weighted by molar-refractivity contribution is 0.440. The highest BCUT2D eigenvalue weighted by Crippen LogP contribution is 1.72. The fourth-order valence-electron chi connectivity index (χ4n) is 0.241. The Hall–Kier alpha value is 0.0499. The average molecular weight is 85.7 g/mol. The Bertz CT molecular complexity index is 30.7. The molecule has 0 spiro atoms. The molecule has 0 fully saturated rings. The zero-order chi connectivity index (χ0) is 4.99. The van der Waals surface area contributed by atoms with Crippen LogP contribution in [0.15, 0.2) is 0 Å². The van der Waals surface area contributed by atoms with Crippen LogP contribution in [0, 0.1) is 0 Å². The second-order valence-corrected chi connectivity index (χ2v) is 1.05. The van der Waals surface area contributed by atoms with Crippen molar-refractivity contribution in [2.45, 2.75) is 13.6 Å². The van der Waals surface area contributed by atoms with Crippen LogP contribution in [0.25, 0.3) is 0 Å². The fraction of sp³-hybridized carbons (Fsp3) is 1.00. The molecule has 0 saturated heterocycles. The van der Waals surface area contributed by atoms with Gasteiger partial charge in [-0.1, -0.05) is 6.82 Å². The summed E-state index contributed by atoms with van der Waals surface area (Å²) in [4.78, 5) is 0. The summed E-state index contributed by atoms with van der Waals surface area (Å²) in [7, 11) is -0.0208. The zero-order valence-electron chi connectivity index (χ0n) is 4.14. The fourth-order valence-corrected chi connectivity index (χ4v) is 0.241. The summed E-state index contributed by atoms with van der Waals surface area (Å²) in [5, 5.41) is 8.33. The molecule has 0 atom stereocenters. The molecule has 0 heterocycles. The summed E-state index contributed by atoms with van der Waals surface area (Å²) < 4.78 is 4.60. The van der Waals surface area contributed by atoms with Gasteiger partial charge in [0.25, 0.3) is 7.48 Å². The second kappa shape index (κ2) is 3.25. The molecule has 0 unspecified atom stereocenters. The van der Waals surface area contributed by atoms with Crippen molar-refractivity contribution in [3.8, 4) is 0 Å². The Morgan fingerprint density at radius 3 is 2.33 bits per heavy atom. The van der Waals surface area contributed by atoms with Crippen LogP contribution < -0.4 is 0 Å². The van der Waals surface area contributed by atoms with E-state index in [0.717, 1.165) is 0 Å². The highest BCUT2D eigenvalue weighted by molar-refractivity contribution is 6.50. The van der Waals surface area contributed by atoms with Crippen LogP contribution in [0.5, 0.6) is 0 Å². The van der Waals surface area contributed by atoms with Crippen molar-refractivity contribution in [3.63, 3.8) is 0 Å². The minimum Gasteiger partial charge on any atom is -0.478 e. The summed E-state index contributed by atoms with van der Waals surface area (Å²) in [6, 6.07) is 0. The Balaban J connectivity index is 2.63. The maximum Gasteiger partial charge on any atom is 0.435 e. The van der Waals surface area contributed by atoms with E-state index in [1.54, 1.807) is 6.82 Å². The van der Waals surface area contributed by atoms with Crippen molar-refractivity contribution >= 4 is 14.6 Å². The summed E-state index contributed by atoms with van der Waals surface area (Å²) >= 11 is 0. The first-order valence-corrected chi connectivity index (χ1v) is 2.07. The van der Waals surface area contributed by atoms with Crippen molar-refractivity contribution in [2.24, 2.45) is 0 Å².